The second-order valence-electron chi connectivity index (χ2n) is 10.7. The third kappa shape index (κ3) is 6.28. The lowest BCUT2D eigenvalue weighted by Gasteiger charge is -2.40. The zero-order valence-corrected chi connectivity index (χ0v) is 23.1. The molecule has 2 rings (SSSR count). The number of hydrogen-bond donors (Lipinski definition) is 0. The van der Waals surface area contributed by atoms with Crippen molar-refractivity contribution in [3.8, 4) is 0 Å². The van der Waals surface area contributed by atoms with Gasteiger partial charge in [-0.3, -0.25) is 28.8 Å². The van der Waals surface area contributed by atoms with Gasteiger partial charge in [0, 0.05) is 45.4 Å². The van der Waals surface area contributed by atoms with Crippen LogP contribution < -0.4 is 0 Å². The number of esters is 4. The van der Waals surface area contributed by atoms with Gasteiger partial charge in [0.05, 0.1) is 5.92 Å². The fraction of sp³-hybridized carbons (Fsp3) is 0.571. The summed E-state index contributed by atoms with van der Waals surface area (Å²) >= 11 is 0. The Labute approximate surface area is 222 Å². The normalized spacial score (nSPS) is 33.7. The van der Waals surface area contributed by atoms with Crippen LogP contribution in [0.15, 0.2) is 36.5 Å². The van der Waals surface area contributed by atoms with E-state index in [1.54, 1.807) is 26.8 Å². The molecule has 10 nitrogen and oxygen atoms in total. The lowest BCUT2D eigenvalue weighted by Crippen LogP contribution is -2.56. The maximum Gasteiger partial charge on any atom is 0.303 e. The summed E-state index contributed by atoms with van der Waals surface area (Å²) in [7, 11) is 0. The van der Waals surface area contributed by atoms with Gasteiger partial charge in [-0.1, -0.05) is 31.7 Å². The Morgan fingerprint density at radius 2 is 1.42 bits per heavy atom. The average molecular weight is 533 g/mol. The molecule has 0 aromatic carbocycles. The van der Waals surface area contributed by atoms with Crippen LogP contribution in [0.5, 0.6) is 0 Å². The van der Waals surface area contributed by atoms with E-state index in [0.717, 1.165) is 27.7 Å². The van der Waals surface area contributed by atoms with Gasteiger partial charge in [-0.2, -0.15) is 0 Å². The van der Waals surface area contributed by atoms with E-state index in [1.165, 1.54) is 25.2 Å². The highest BCUT2D eigenvalue weighted by atomic mass is 16.6. The summed E-state index contributed by atoms with van der Waals surface area (Å²) in [4.78, 5) is 76.4. The smallest absolute Gasteiger partial charge is 0.303 e. The molecule has 2 aliphatic rings. The maximum atomic E-state index is 14.3. The first-order valence-corrected chi connectivity index (χ1v) is 12.2. The molecule has 0 aromatic heterocycles. The largest absolute Gasteiger partial charge is 0.458 e. The number of hydrogen-bond acceptors (Lipinski definition) is 10. The second kappa shape index (κ2) is 11.0. The molecule has 0 heterocycles. The molecule has 1 fully saturated rings. The molecule has 208 valence electrons. The fourth-order valence-corrected chi connectivity index (χ4v) is 5.22. The van der Waals surface area contributed by atoms with Crippen molar-refractivity contribution < 1.29 is 47.7 Å². The van der Waals surface area contributed by atoms with E-state index in [1.807, 2.05) is 0 Å². The number of ether oxygens (including phenoxy) is 4. The third-order valence-corrected chi connectivity index (χ3v) is 6.78. The minimum atomic E-state index is -2.08. The summed E-state index contributed by atoms with van der Waals surface area (Å²) in [6, 6.07) is 0. The third-order valence-electron chi connectivity index (χ3n) is 6.78. The number of allylic oxidation sites excluding steroid dienone is 3. The molecular weight excluding hydrogens is 496 g/mol. The van der Waals surface area contributed by atoms with Gasteiger partial charge in [0.2, 0.25) is 0 Å². The van der Waals surface area contributed by atoms with E-state index in [-0.39, 0.29) is 11.4 Å². The highest BCUT2D eigenvalue weighted by Gasteiger charge is 2.71. The molecule has 0 saturated heterocycles. The standard InChI is InChI=1S/C28H36O10/c1-15-10-11-21(33)26(7,8)13-12-16(2)24(34)28(38-20(6)32)14-27(9,37-19(5)31)25(36-18(4)30)22(28)23(15)35-17(3)29/h10-13,16,22-23,25H,1,14H2,2-9H3/b11-10?,13-12-/t16-,22+,23+,25-,27-,28-/m1/s1. The Morgan fingerprint density at radius 3 is 1.92 bits per heavy atom. The maximum absolute atomic E-state index is 14.3. The van der Waals surface area contributed by atoms with Crippen LogP contribution in [0.3, 0.4) is 0 Å². The van der Waals surface area contributed by atoms with Gasteiger partial charge >= 0.3 is 23.9 Å². The van der Waals surface area contributed by atoms with Crippen LogP contribution >= 0.6 is 0 Å². The summed E-state index contributed by atoms with van der Waals surface area (Å²) in [5, 5.41) is 0. The Bertz CT molecular complexity index is 1110. The number of carbonyl (C=O) groups excluding carboxylic acids is 6. The van der Waals surface area contributed by atoms with Crippen LogP contribution in [-0.2, 0) is 47.7 Å². The predicted molar refractivity (Wildman–Crippen MR) is 134 cm³/mol. The van der Waals surface area contributed by atoms with Crippen molar-refractivity contribution in [1.29, 1.82) is 0 Å². The lowest BCUT2D eigenvalue weighted by molar-refractivity contribution is -0.188. The predicted octanol–water partition coefficient (Wildman–Crippen LogP) is 2.98. The molecule has 0 bridgehead atoms. The van der Waals surface area contributed by atoms with Crippen molar-refractivity contribution in [1.82, 2.24) is 0 Å². The summed E-state index contributed by atoms with van der Waals surface area (Å²) in [5.74, 6) is -6.37. The molecule has 0 aliphatic heterocycles. The molecule has 6 atom stereocenters. The number of Topliss-reactive ketones (excluding diaryl/α,β-unsaturated/α-hetero) is 1. The van der Waals surface area contributed by atoms with Crippen LogP contribution in [0.25, 0.3) is 0 Å². The molecule has 0 aromatic rings. The SMILES string of the molecule is C=C1C=CC(=O)C(C)(C)/C=C\[C@@H](C)C(=O)[C@@]2(OC(C)=O)C[C@@](C)(OC(C)=O)[C@H](OC(C)=O)[C@@H]2[C@H]1OC(C)=O. The number of rotatable bonds is 4. The van der Waals surface area contributed by atoms with E-state index in [2.05, 4.69) is 6.58 Å². The molecule has 2 aliphatic carbocycles. The highest BCUT2D eigenvalue weighted by Crippen LogP contribution is 2.53. The van der Waals surface area contributed by atoms with Gasteiger partial charge in [-0.05, 0) is 32.4 Å². The van der Waals surface area contributed by atoms with Crippen molar-refractivity contribution in [2.75, 3.05) is 0 Å². The van der Waals surface area contributed by atoms with Crippen molar-refractivity contribution in [3.63, 3.8) is 0 Å². The zero-order chi connectivity index (χ0) is 29.2. The monoisotopic (exact) mass is 532 g/mol. The molecule has 0 radical (unpaired) electrons. The van der Waals surface area contributed by atoms with E-state index in [4.69, 9.17) is 18.9 Å². The van der Waals surface area contributed by atoms with Crippen LogP contribution in [0.4, 0.5) is 0 Å². The van der Waals surface area contributed by atoms with Gasteiger partial charge in [0.15, 0.2) is 28.9 Å². The van der Waals surface area contributed by atoms with Gasteiger partial charge in [0.25, 0.3) is 0 Å². The molecule has 1 saturated carbocycles. The molecule has 0 spiro atoms. The second-order valence-corrected chi connectivity index (χ2v) is 10.7. The Balaban J connectivity index is 3.01. The Morgan fingerprint density at radius 1 is 0.868 bits per heavy atom. The van der Waals surface area contributed by atoms with Gasteiger partial charge in [-0.25, -0.2) is 0 Å². The van der Waals surface area contributed by atoms with Gasteiger partial charge < -0.3 is 18.9 Å². The molecule has 0 N–H and O–H groups in total. The number of fused-ring (bicyclic) bond motifs is 1. The quantitative estimate of drug-likeness (QED) is 0.301. The van der Waals surface area contributed by atoms with Crippen LogP contribution in [0, 0.1) is 17.3 Å². The van der Waals surface area contributed by atoms with Gasteiger partial charge in [0.1, 0.15) is 6.10 Å². The van der Waals surface area contributed by atoms with E-state index in [0.29, 0.717) is 0 Å². The topological polar surface area (TPSA) is 139 Å². The zero-order valence-electron chi connectivity index (χ0n) is 23.1. The van der Waals surface area contributed by atoms with Crippen molar-refractivity contribution in [2.24, 2.45) is 17.3 Å². The van der Waals surface area contributed by atoms with Crippen molar-refractivity contribution in [3.05, 3.63) is 36.5 Å². The van der Waals surface area contributed by atoms with Crippen molar-refractivity contribution >= 4 is 35.4 Å². The minimum Gasteiger partial charge on any atom is -0.458 e. The van der Waals surface area contributed by atoms with E-state index in [9.17, 15) is 28.8 Å². The molecule has 38 heavy (non-hydrogen) atoms. The Hall–Kier alpha value is -3.56. The fourth-order valence-electron chi connectivity index (χ4n) is 5.22. The Kier molecular flexibility index (Phi) is 8.91. The molecule has 10 heteroatoms. The number of carbonyl (C=O) groups is 6. The molecule has 0 amide bonds. The first kappa shape index (κ1) is 30.7. The number of ketones is 2. The van der Waals surface area contributed by atoms with Crippen LogP contribution in [0.1, 0.15) is 61.8 Å². The summed E-state index contributed by atoms with van der Waals surface area (Å²) < 4.78 is 22.6. The van der Waals surface area contributed by atoms with Crippen molar-refractivity contribution in [2.45, 2.75) is 85.2 Å². The van der Waals surface area contributed by atoms with E-state index >= 15 is 0 Å². The van der Waals surface area contributed by atoms with Gasteiger partial charge in [-0.15, -0.1) is 0 Å². The minimum absolute atomic E-state index is 0.0695. The van der Waals surface area contributed by atoms with E-state index < -0.39 is 76.7 Å². The first-order chi connectivity index (χ1) is 17.4. The lowest BCUT2D eigenvalue weighted by atomic mass is 9.74. The summed E-state index contributed by atoms with van der Waals surface area (Å²) in [6.45, 7) is 14.8. The highest BCUT2D eigenvalue weighted by molar-refractivity contribution is 5.97. The summed E-state index contributed by atoms with van der Waals surface area (Å²) in [5.41, 5.74) is -4.68. The molecular formula is C28H36O10. The molecule has 0 unspecified atom stereocenters. The summed E-state index contributed by atoms with van der Waals surface area (Å²) in [6.07, 6.45) is 2.49. The van der Waals surface area contributed by atoms with Crippen LogP contribution in [0.2, 0.25) is 0 Å². The first-order valence-electron chi connectivity index (χ1n) is 12.2. The van der Waals surface area contributed by atoms with Crippen LogP contribution in [-0.4, -0.2) is 58.9 Å². The average Bonchev–Trinajstić information content (AvgIpc) is 2.98.